The highest BCUT2D eigenvalue weighted by molar-refractivity contribution is 5.44. The third-order valence-corrected chi connectivity index (χ3v) is 3.33. The predicted molar refractivity (Wildman–Crippen MR) is 69.7 cm³/mol. The summed E-state index contributed by atoms with van der Waals surface area (Å²) in [4.78, 5) is 2.25. The minimum Gasteiger partial charge on any atom is -0.359 e. The van der Waals surface area contributed by atoms with Crippen LogP contribution in [0.2, 0.25) is 0 Å². The van der Waals surface area contributed by atoms with Crippen molar-refractivity contribution in [3.05, 3.63) is 12.1 Å². The Morgan fingerprint density at radius 1 is 1.28 bits per heavy atom. The van der Waals surface area contributed by atoms with E-state index in [0.29, 0.717) is 0 Å². The van der Waals surface area contributed by atoms with Crippen molar-refractivity contribution < 1.29 is 4.74 Å². The molecule has 0 aliphatic carbocycles. The van der Waals surface area contributed by atoms with Gasteiger partial charge in [0.1, 0.15) is 6.23 Å². The molecule has 2 aliphatic rings. The van der Waals surface area contributed by atoms with Gasteiger partial charge in [-0.15, -0.1) is 10.2 Å². The fraction of sp³-hybridized carbons (Fsp3) is 0.667. The number of nitrogens with one attached hydrogen (secondary N) is 2. The van der Waals surface area contributed by atoms with Crippen molar-refractivity contribution in [2.45, 2.75) is 19.1 Å². The molecular weight excluding hydrogens is 230 g/mol. The number of hydrogen-bond acceptors (Lipinski definition) is 6. The van der Waals surface area contributed by atoms with Crippen LogP contribution in [0.15, 0.2) is 12.1 Å². The van der Waals surface area contributed by atoms with Crippen molar-refractivity contribution in [1.82, 2.24) is 15.5 Å². The summed E-state index contributed by atoms with van der Waals surface area (Å²) in [6.07, 6.45) is 2.26. The van der Waals surface area contributed by atoms with E-state index in [0.717, 1.165) is 57.3 Å². The van der Waals surface area contributed by atoms with Crippen LogP contribution in [0.1, 0.15) is 12.8 Å². The summed E-state index contributed by atoms with van der Waals surface area (Å²) in [5, 5.41) is 15.1. The number of hydrogen-bond donors (Lipinski definition) is 2. The van der Waals surface area contributed by atoms with Crippen LogP contribution in [-0.4, -0.2) is 49.2 Å². The standard InChI is InChI=1S/C12H19N5O/c1-2-12(18-9-1)14-10-3-4-11(16-15-10)17-7-5-13-6-8-17/h3-4,12-13H,1-2,5-9H2,(H,14,15). The molecule has 0 radical (unpaired) electrons. The van der Waals surface area contributed by atoms with Gasteiger partial charge in [0.25, 0.3) is 0 Å². The van der Waals surface area contributed by atoms with E-state index in [1.807, 2.05) is 12.1 Å². The highest BCUT2D eigenvalue weighted by Crippen LogP contribution is 2.16. The zero-order valence-corrected chi connectivity index (χ0v) is 10.4. The lowest BCUT2D eigenvalue weighted by atomic mass is 10.3. The Morgan fingerprint density at radius 3 is 2.83 bits per heavy atom. The van der Waals surface area contributed by atoms with Gasteiger partial charge >= 0.3 is 0 Å². The zero-order chi connectivity index (χ0) is 12.2. The Balaban J connectivity index is 1.60. The van der Waals surface area contributed by atoms with Gasteiger partial charge in [-0.05, 0) is 25.0 Å². The summed E-state index contributed by atoms with van der Waals surface area (Å²) < 4.78 is 5.51. The van der Waals surface area contributed by atoms with Gasteiger partial charge in [-0.25, -0.2) is 0 Å². The van der Waals surface area contributed by atoms with E-state index in [-0.39, 0.29) is 6.23 Å². The number of piperazine rings is 1. The first-order chi connectivity index (χ1) is 8.92. The molecule has 1 unspecified atom stereocenters. The van der Waals surface area contributed by atoms with Gasteiger partial charge in [0.15, 0.2) is 11.6 Å². The van der Waals surface area contributed by atoms with E-state index in [1.54, 1.807) is 0 Å². The Kier molecular flexibility index (Phi) is 3.56. The monoisotopic (exact) mass is 249 g/mol. The Labute approximate surface area is 107 Å². The molecule has 6 heteroatoms. The van der Waals surface area contributed by atoms with Crippen molar-refractivity contribution in [2.24, 2.45) is 0 Å². The molecule has 3 rings (SSSR count). The Morgan fingerprint density at radius 2 is 2.17 bits per heavy atom. The zero-order valence-electron chi connectivity index (χ0n) is 10.4. The second-order valence-electron chi connectivity index (χ2n) is 4.66. The lowest BCUT2D eigenvalue weighted by Gasteiger charge is -2.27. The van der Waals surface area contributed by atoms with E-state index < -0.39 is 0 Å². The molecule has 3 heterocycles. The molecule has 2 fully saturated rings. The first kappa shape index (κ1) is 11.7. The van der Waals surface area contributed by atoms with Crippen LogP contribution in [-0.2, 0) is 4.74 Å². The molecule has 0 aromatic carbocycles. The molecule has 1 aromatic heterocycles. The molecule has 0 amide bonds. The maximum absolute atomic E-state index is 5.51. The Bertz CT molecular complexity index is 371. The molecule has 1 aromatic rings. The second kappa shape index (κ2) is 5.49. The third kappa shape index (κ3) is 2.70. The number of aromatic nitrogens is 2. The highest BCUT2D eigenvalue weighted by Gasteiger charge is 2.16. The lowest BCUT2D eigenvalue weighted by Crippen LogP contribution is -2.44. The van der Waals surface area contributed by atoms with Crippen molar-refractivity contribution in [2.75, 3.05) is 43.0 Å². The molecular formula is C12H19N5O. The number of nitrogens with zero attached hydrogens (tertiary/aromatic N) is 3. The smallest absolute Gasteiger partial charge is 0.151 e. The SMILES string of the molecule is c1cc(N2CCNCC2)nnc1NC1CCCO1. The van der Waals surface area contributed by atoms with Crippen LogP contribution in [0.3, 0.4) is 0 Å². The van der Waals surface area contributed by atoms with Gasteiger partial charge in [0, 0.05) is 32.8 Å². The minimum absolute atomic E-state index is 0.101. The molecule has 98 valence electrons. The van der Waals surface area contributed by atoms with Crippen molar-refractivity contribution in [3.63, 3.8) is 0 Å². The van der Waals surface area contributed by atoms with Crippen LogP contribution in [0.5, 0.6) is 0 Å². The fourth-order valence-electron chi connectivity index (χ4n) is 2.32. The van der Waals surface area contributed by atoms with Gasteiger partial charge in [-0.2, -0.15) is 0 Å². The molecule has 2 saturated heterocycles. The van der Waals surface area contributed by atoms with Gasteiger partial charge in [-0.3, -0.25) is 0 Å². The van der Waals surface area contributed by atoms with Crippen LogP contribution in [0.25, 0.3) is 0 Å². The molecule has 0 spiro atoms. The molecule has 0 saturated carbocycles. The van der Waals surface area contributed by atoms with E-state index in [1.165, 1.54) is 0 Å². The maximum atomic E-state index is 5.51. The van der Waals surface area contributed by atoms with Crippen molar-refractivity contribution in [3.8, 4) is 0 Å². The molecule has 6 nitrogen and oxygen atoms in total. The average molecular weight is 249 g/mol. The summed E-state index contributed by atoms with van der Waals surface area (Å²) in [5.41, 5.74) is 0. The highest BCUT2D eigenvalue weighted by atomic mass is 16.5. The Hall–Kier alpha value is -1.40. The maximum Gasteiger partial charge on any atom is 0.151 e. The minimum atomic E-state index is 0.101. The fourth-order valence-corrected chi connectivity index (χ4v) is 2.32. The van der Waals surface area contributed by atoms with Gasteiger partial charge in [-0.1, -0.05) is 0 Å². The number of anilines is 2. The molecule has 2 aliphatic heterocycles. The van der Waals surface area contributed by atoms with E-state index in [4.69, 9.17) is 4.74 Å². The summed E-state index contributed by atoms with van der Waals surface area (Å²) in [5.74, 6) is 1.75. The number of ether oxygens (including phenoxy) is 1. The molecule has 2 N–H and O–H groups in total. The van der Waals surface area contributed by atoms with E-state index in [9.17, 15) is 0 Å². The van der Waals surface area contributed by atoms with E-state index in [2.05, 4.69) is 25.7 Å². The van der Waals surface area contributed by atoms with E-state index >= 15 is 0 Å². The van der Waals surface area contributed by atoms with Crippen LogP contribution in [0.4, 0.5) is 11.6 Å². The number of rotatable bonds is 3. The second-order valence-corrected chi connectivity index (χ2v) is 4.66. The van der Waals surface area contributed by atoms with Gasteiger partial charge in [0.2, 0.25) is 0 Å². The van der Waals surface area contributed by atoms with Crippen molar-refractivity contribution in [1.29, 1.82) is 0 Å². The summed E-state index contributed by atoms with van der Waals surface area (Å²) >= 11 is 0. The quantitative estimate of drug-likeness (QED) is 0.810. The molecule has 0 bridgehead atoms. The third-order valence-electron chi connectivity index (χ3n) is 3.33. The summed E-state index contributed by atoms with van der Waals surface area (Å²) in [6, 6.07) is 4.00. The lowest BCUT2D eigenvalue weighted by molar-refractivity contribution is 0.131. The summed E-state index contributed by atoms with van der Waals surface area (Å²) in [7, 11) is 0. The van der Waals surface area contributed by atoms with Crippen LogP contribution >= 0.6 is 0 Å². The van der Waals surface area contributed by atoms with Gasteiger partial charge < -0.3 is 20.3 Å². The van der Waals surface area contributed by atoms with Crippen LogP contribution in [0, 0.1) is 0 Å². The largest absolute Gasteiger partial charge is 0.359 e. The summed E-state index contributed by atoms with van der Waals surface area (Å²) in [6.45, 7) is 4.85. The van der Waals surface area contributed by atoms with Crippen LogP contribution < -0.4 is 15.5 Å². The molecule has 18 heavy (non-hydrogen) atoms. The van der Waals surface area contributed by atoms with Gasteiger partial charge in [0.05, 0.1) is 0 Å². The first-order valence-electron chi connectivity index (χ1n) is 6.59. The normalized spacial score (nSPS) is 24.2. The average Bonchev–Trinajstić information content (AvgIpc) is 2.94. The topological polar surface area (TPSA) is 62.3 Å². The predicted octanol–water partition coefficient (Wildman–Crippen LogP) is 0.435. The first-order valence-corrected chi connectivity index (χ1v) is 6.59. The van der Waals surface area contributed by atoms with Crippen molar-refractivity contribution >= 4 is 11.6 Å². The molecule has 1 atom stereocenters.